The zero-order valence-electron chi connectivity index (χ0n) is 14.9. The van der Waals surface area contributed by atoms with Crippen LogP contribution in [0.1, 0.15) is 48.2 Å². The molecule has 0 aliphatic rings. The summed E-state index contributed by atoms with van der Waals surface area (Å²) in [6.45, 7) is 5.89. The summed E-state index contributed by atoms with van der Waals surface area (Å²) in [7, 11) is 0. The van der Waals surface area contributed by atoms with Crippen LogP contribution in [0.4, 0.5) is 0 Å². The number of nitrogens with one attached hydrogen (secondary N) is 1. The van der Waals surface area contributed by atoms with Crippen LogP contribution >= 0.6 is 11.8 Å². The number of aryl methyl sites for hydroxylation is 2. The van der Waals surface area contributed by atoms with Crippen molar-refractivity contribution in [3.8, 4) is 6.07 Å². The van der Waals surface area contributed by atoms with Gasteiger partial charge in [0, 0.05) is 5.69 Å². The second-order valence-electron chi connectivity index (χ2n) is 5.98. The van der Waals surface area contributed by atoms with E-state index in [9.17, 15) is 10.1 Å². The maximum absolute atomic E-state index is 12.4. The summed E-state index contributed by atoms with van der Waals surface area (Å²) < 4.78 is 0. The van der Waals surface area contributed by atoms with Gasteiger partial charge in [0.25, 0.3) is 0 Å². The van der Waals surface area contributed by atoms with Crippen molar-refractivity contribution in [2.24, 2.45) is 0 Å². The summed E-state index contributed by atoms with van der Waals surface area (Å²) in [5.74, 6) is 0.203. The number of pyridine rings is 1. The van der Waals surface area contributed by atoms with E-state index in [4.69, 9.17) is 0 Å². The van der Waals surface area contributed by atoms with Crippen LogP contribution in [0.3, 0.4) is 0 Å². The number of hydrogen-bond donors (Lipinski definition) is 1. The molecule has 1 aromatic heterocycles. The highest BCUT2D eigenvalue weighted by Crippen LogP contribution is 2.24. The normalized spacial score (nSPS) is 11.6. The molecule has 1 atom stereocenters. The average Bonchev–Trinajstić information content (AvgIpc) is 2.60. The van der Waals surface area contributed by atoms with Gasteiger partial charge in [-0.2, -0.15) is 5.26 Å². The molecule has 0 aliphatic carbocycles. The van der Waals surface area contributed by atoms with Crippen LogP contribution in [-0.2, 0) is 4.79 Å². The lowest BCUT2D eigenvalue weighted by molar-refractivity contribution is -0.119. The fraction of sp³-hybridized carbons (Fsp3) is 0.350. The number of thioether (sulfide) groups is 1. The lowest BCUT2D eigenvalue weighted by Gasteiger charge is -2.18. The van der Waals surface area contributed by atoms with Crippen molar-refractivity contribution in [3.63, 3.8) is 0 Å². The van der Waals surface area contributed by atoms with Gasteiger partial charge in [-0.1, -0.05) is 55.4 Å². The molecule has 2 rings (SSSR count). The van der Waals surface area contributed by atoms with Crippen molar-refractivity contribution >= 4 is 17.7 Å². The van der Waals surface area contributed by atoms with Gasteiger partial charge in [-0.25, -0.2) is 4.98 Å². The Kier molecular flexibility index (Phi) is 7.03. The van der Waals surface area contributed by atoms with Gasteiger partial charge in [0.1, 0.15) is 11.1 Å². The molecule has 1 amide bonds. The fourth-order valence-corrected chi connectivity index (χ4v) is 3.62. The van der Waals surface area contributed by atoms with Gasteiger partial charge in [0.05, 0.1) is 17.4 Å². The first-order valence-corrected chi connectivity index (χ1v) is 9.39. The summed E-state index contributed by atoms with van der Waals surface area (Å²) >= 11 is 1.32. The summed E-state index contributed by atoms with van der Waals surface area (Å²) in [5.41, 5.74) is 3.42. The molecule has 1 heterocycles. The highest BCUT2D eigenvalue weighted by Gasteiger charge is 2.15. The largest absolute Gasteiger partial charge is 0.349 e. The minimum Gasteiger partial charge on any atom is -0.349 e. The molecule has 0 saturated carbocycles. The Balaban J connectivity index is 2.04. The lowest BCUT2D eigenvalue weighted by Crippen LogP contribution is -2.30. The zero-order chi connectivity index (χ0) is 18.2. The molecule has 130 valence electrons. The van der Waals surface area contributed by atoms with E-state index in [1.165, 1.54) is 11.8 Å². The predicted molar refractivity (Wildman–Crippen MR) is 101 cm³/mol. The van der Waals surface area contributed by atoms with E-state index in [0.717, 1.165) is 29.7 Å². The van der Waals surface area contributed by atoms with Crippen molar-refractivity contribution in [1.29, 1.82) is 5.26 Å². The number of hydrogen-bond acceptors (Lipinski definition) is 4. The number of amides is 1. The first-order valence-electron chi connectivity index (χ1n) is 8.40. The van der Waals surface area contributed by atoms with E-state index in [0.29, 0.717) is 10.6 Å². The van der Waals surface area contributed by atoms with E-state index >= 15 is 0 Å². The molecule has 0 radical (unpaired) electrons. The Hall–Kier alpha value is -2.32. The second kappa shape index (κ2) is 9.24. The lowest BCUT2D eigenvalue weighted by atomic mass is 10.0. The third-order valence-electron chi connectivity index (χ3n) is 3.88. The molecular formula is C20H23N3OS. The van der Waals surface area contributed by atoms with E-state index in [2.05, 4.69) is 23.3 Å². The van der Waals surface area contributed by atoms with Gasteiger partial charge in [0.15, 0.2) is 0 Å². The zero-order valence-corrected chi connectivity index (χ0v) is 15.7. The third kappa shape index (κ3) is 5.33. The van der Waals surface area contributed by atoms with Crippen LogP contribution in [0.2, 0.25) is 0 Å². The minimum atomic E-state index is -0.0443. The first kappa shape index (κ1) is 19.0. The Morgan fingerprint density at radius 1 is 1.32 bits per heavy atom. The number of aromatic nitrogens is 1. The molecular weight excluding hydrogens is 330 g/mol. The van der Waals surface area contributed by atoms with Crippen molar-refractivity contribution < 1.29 is 4.79 Å². The average molecular weight is 353 g/mol. The molecule has 4 nitrogen and oxygen atoms in total. The van der Waals surface area contributed by atoms with Crippen LogP contribution in [0.5, 0.6) is 0 Å². The molecule has 1 aromatic carbocycles. The summed E-state index contributed by atoms with van der Waals surface area (Å²) in [6, 6.07) is 14.1. The van der Waals surface area contributed by atoms with Gasteiger partial charge in [-0.15, -0.1) is 0 Å². The van der Waals surface area contributed by atoms with Crippen LogP contribution in [-0.4, -0.2) is 16.6 Å². The second-order valence-corrected chi connectivity index (χ2v) is 6.94. The number of carbonyl (C=O) groups excluding carboxylic acids is 1. The fourth-order valence-electron chi connectivity index (χ4n) is 2.71. The van der Waals surface area contributed by atoms with Gasteiger partial charge in [-0.3, -0.25) is 4.79 Å². The van der Waals surface area contributed by atoms with Gasteiger partial charge < -0.3 is 5.32 Å². The monoisotopic (exact) mass is 353 g/mol. The maximum Gasteiger partial charge on any atom is 0.230 e. The summed E-state index contributed by atoms with van der Waals surface area (Å²) in [5, 5.41) is 13.0. The molecule has 2 aromatic rings. The van der Waals surface area contributed by atoms with Crippen LogP contribution < -0.4 is 5.32 Å². The SMILES string of the molecule is CCC[C@H](NC(=O)CSc1nc(C)cc(C)c1C#N)c1ccccc1. The predicted octanol–water partition coefficient (Wildman–Crippen LogP) is 4.32. The van der Waals surface area contributed by atoms with Crippen LogP contribution in [0, 0.1) is 25.2 Å². The molecule has 0 aliphatic heterocycles. The Labute approximate surface area is 153 Å². The van der Waals surface area contributed by atoms with E-state index in [-0.39, 0.29) is 17.7 Å². The maximum atomic E-state index is 12.4. The Bertz CT molecular complexity index is 769. The van der Waals surface area contributed by atoms with Crippen molar-refractivity contribution in [1.82, 2.24) is 10.3 Å². The van der Waals surface area contributed by atoms with Crippen LogP contribution in [0.25, 0.3) is 0 Å². The van der Waals surface area contributed by atoms with Gasteiger partial charge >= 0.3 is 0 Å². The smallest absolute Gasteiger partial charge is 0.230 e. The molecule has 5 heteroatoms. The molecule has 0 fully saturated rings. The number of carbonyl (C=O) groups is 1. The topological polar surface area (TPSA) is 65.8 Å². The van der Waals surface area contributed by atoms with Crippen LogP contribution in [0.15, 0.2) is 41.4 Å². The van der Waals surface area contributed by atoms with E-state index < -0.39 is 0 Å². The molecule has 0 spiro atoms. The van der Waals surface area contributed by atoms with Crippen molar-refractivity contribution in [2.75, 3.05) is 5.75 Å². The Morgan fingerprint density at radius 3 is 2.68 bits per heavy atom. The standard InChI is InChI=1S/C20H23N3OS/c1-4-8-18(16-9-6-5-7-10-16)23-19(24)13-25-20-17(12-21)14(2)11-15(3)22-20/h5-7,9-11,18H,4,8,13H2,1-3H3,(H,23,24)/t18-/m0/s1. The number of benzene rings is 1. The van der Waals surface area contributed by atoms with Gasteiger partial charge in [-0.05, 0) is 37.5 Å². The van der Waals surface area contributed by atoms with Gasteiger partial charge in [0.2, 0.25) is 5.91 Å². The number of nitrogens with zero attached hydrogens (tertiary/aromatic N) is 2. The van der Waals surface area contributed by atoms with E-state index in [1.54, 1.807) is 0 Å². The molecule has 25 heavy (non-hydrogen) atoms. The summed E-state index contributed by atoms with van der Waals surface area (Å²) in [4.78, 5) is 16.8. The quantitative estimate of drug-likeness (QED) is 0.753. The molecule has 0 bridgehead atoms. The highest BCUT2D eigenvalue weighted by molar-refractivity contribution is 8.00. The van der Waals surface area contributed by atoms with Crippen molar-refractivity contribution in [3.05, 3.63) is 58.8 Å². The Morgan fingerprint density at radius 2 is 2.04 bits per heavy atom. The third-order valence-corrected chi connectivity index (χ3v) is 4.85. The van der Waals surface area contributed by atoms with Crippen molar-refractivity contribution in [2.45, 2.75) is 44.7 Å². The highest BCUT2D eigenvalue weighted by atomic mass is 32.2. The molecule has 0 saturated heterocycles. The molecule has 1 N–H and O–H groups in total. The first-order chi connectivity index (χ1) is 12.0. The van der Waals surface area contributed by atoms with E-state index in [1.807, 2.05) is 50.2 Å². The number of rotatable bonds is 7. The summed E-state index contributed by atoms with van der Waals surface area (Å²) in [6.07, 6.45) is 1.88. The minimum absolute atomic E-state index is 0.0157. The molecule has 0 unspecified atom stereocenters. The number of nitriles is 1.